The van der Waals surface area contributed by atoms with Gasteiger partial charge >= 0.3 is 0 Å². The van der Waals surface area contributed by atoms with Crippen LogP contribution < -0.4 is 9.47 Å². The number of nitrogens with zero attached hydrogens (tertiary/aromatic N) is 1. The molecule has 1 N–H and O–H groups in total. The predicted molar refractivity (Wildman–Crippen MR) is 120 cm³/mol. The number of rotatable bonds is 4. The summed E-state index contributed by atoms with van der Waals surface area (Å²) in [7, 11) is 3.32. The number of H-pyrrole nitrogens is 1. The summed E-state index contributed by atoms with van der Waals surface area (Å²) in [5.74, 6) is 2.42. The highest BCUT2D eigenvalue weighted by Gasteiger charge is 2.29. The molecule has 0 aliphatic carbocycles. The summed E-state index contributed by atoms with van der Waals surface area (Å²) in [5.41, 5.74) is 3.99. The Morgan fingerprint density at radius 1 is 1.03 bits per heavy atom. The van der Waals surface area contributed by atoms with Gasteiger partial charge in [0.1, 0.15) is 17.1 Å². The van der Waals surface area contributed by atoms with Crippen molar-refractivity contribution in [3.8, 4) is 11.5 Å². The minimum absolute atomic E-state index is 0.0355. The zero-order valence-corrected chi connectivity index (χ0v) is 18.0. The molecule has 1 fully saturated rings. The second-order valence-electron chi connectivity index (χ2n) is 8.14. The third-order valence-electron chi connectivity index (χ3n) is 6.48. The molecule has 160 valence electrons. The molecule has 0 spiro atoms. The molecule has 0 saturated carbocycles. The summed E-state index contributed by atoms with van der Waals surface area (Å²) in [4.78, 5) is 18.5. The van der Waals surface area contributed by atoms with Crippen molar-refractivity contribution in [3.63, 3.8) is 0 Å². The van der Waals surface area contributed by atoms with E-state index >= 15 is 0 Å². The van der Waals surface area contributed by atoms with Gasteiger partial charge in [0.2, 0.25) is 0 Å². The quantitative estimate of drug-likeness (QED) is 0.491. The lowest BCUT2D eigenvalue weighted by atomic mass is 9.89. The van der Waals surface area contributed by atoms with Gasteiger partial charge in [0.15, 0.2) is 5.76 Å². The normalized spacial score (nSPS) is 15.0. The van der Waals surface area contributed by atoms with Crippen molar-refractivity contribution in [2.75, 3.05) is 27.3 Å². The molecule has 6 nitrogen and oxygen atoms in total. The van der Waals surface area contributed by atoms with E-state index in [0.717, 1.165) is 40.8 Å². The van der Waals surface area contributed by atoms with Crippen molar-refractivity contribution < 1.29 is 18.7 Å². The number of fused-ring (bicyclic) bond motifs is 2. The number of furan rings is 1. The number of aromatic nitrogens is 1. The first-order chi connectivity index (χ1) is 15.1. The Balaban J connectivity index is 1.34. The number of benzene rings is 2. The van der Waals surface area contributed by atoms with E-state index in [4.69, 9.17) is 13.9 Å². The van der Waals surface area contributed by atoms with Crippen molar-refractivity contribution in [2.45, 2.75) is 25.7 Å². The van der Waals surface area contributed by atoms with Crippen LogP contribution in [0.15, 0.2) is 47.0 Å². The largest absolute Gasteiger partial charge is 0.497 e. The van der Waals surface area contributed by atoms with E-state index in [-0.39, 0.29) is 5.91 Å². The van der Waals surface area contributed by atoms with Crippen LogP contribution in [0, 0.1) is 6.92 Å². The monoisotopic (exact) mass is 418 g/mol. The number of amides is 1. The van der Waals surface area contributed by atoms with Crippen molar-refractivity contribution in [1.29, 1.82) is 0 Å². The molecule has 0 unspecified atom stereocenters. The van der Waals surface area contributed by atoms with Crippen LogP contribution in [-0.4, -0.2) is 43.1 Å². The molecule has 4 aromatic rings. The summed E-state index contributed by atoms with van der Waals surface area (Å²) < 4.78 is 16.6. The molecule has 1 amide bonds. The number of nitrogens with one attached hydrogen (secondary N) is 1. The van der Waals surface area contributed by atoms with E-state index < -0.39 is 0 Å². The third-order valence-corrected chi connectivity index (χ3v) is 6.48. The minimum atomic E-state index is -0.0355. The molecule has 5 rings (SSSR count). The fraction of sp³-hybridized carbons (Fsp3) is 0.320. The topological polar surface area (TPSA) is 67.7 Å². The number of hydrogen-bond acceptors (Lipinski definition) is 4. The fourth-order valence-corrected chi connectivity index (χ4v) is 4.65. The molecular weight excluding hydrogens is 392 g/mol. The van der Waals surface area contributed by atoms with Crippen molar-refractivity contribution in [3.05, 3.63) is 59.5 Å². The van der Waals surface area contributed by atoms with Crippen molar-refractivity contribution in [2.24, 2.45) is 0 Å². The smallest absolute Gasteiger partial charge is 0.289 e. The zero-order chi connectivity index (χ0) is 21.5. The minimum Gasteiger partial charge on any atom is -0.497 e. The summed E-state index contributed by atoms with van der Waals surface area (Å²) in [6.07, 6.45) is 3.94. The van der Waals surface area contributed by atoms with Crippen molar-refractivity contribution in [1.82, 2.24) is 9.88 Å². The van der Waals surface area contributed by atoms with Crippen LogP contribution in [0.2, 0.25) is 0 Å². The number of carbonyl (C=O) groups is 1. The highest BCUT2D eigenvalue weighted by molar-refractivity contribution is 5.99. The highest BCUT2D eigenvalue weighted by Crippen LogP contribution is 2.36. The Kier molecular flexibility index (Phi) is 4.85. The Bertz CT molecular complexity index is 1260. The van der Waals surface area contributed by atoms with Gasteiger partial charge in [-0.3, -0.25) is 4.79 Å². The van der Waals surface area contributed by atoms with Crippen LogP contribution in [0.4, 0.5) is 0 Å². The molecule has 2 aromatic heterocycles. The van der Waals surface area contributed by atoms with Gasteiger partial charge in [-0.05, 0) is 67.6 Å². The average Bonchev–Trinajstić information content (AvgIpc) is 3.39. The second kappa shape index (κ2) is 7.69. The molecule has 0 radical (unpaired) electrons. The number of hydrogen-bond donors (Lipinski definition) is 1. The standard InChI is InChI=1S/C25H26N2O4/c1-15-19-12-18(30-3)5-7-23(19)31-24(15)25(28)27-10-8-16(9-11-27)21-14-26-22-6-4-17(29-2)13-20(21)22/h4-7,12-14,16,26H,8-11H2,1-3H3. The maximum atomic E-state index is 13.2. The zero-order valence-electron chi connectivity index (χ0n) is 18.0. The van der Waals surface area contributed by atoms with E-state index in [9.17, 15) is 4.79 Å². The lowest BCUT2D eigenvalue weighted by Crippen LogP contribution is -2.38. The number of carbonyl (C=O) groups excluding carboxylic acids is 1. The Morgan fingerprint density at radius 3 is 2.42 bits per heavy atom. The Hall–Kier alpha value is -3.41. The van der Waals surface area contributed by atoms with Gasteiger partial charge in [0, 0.05) is 41.1 Å². The first-order valence-corrected chi connectivity index (χ1v) is 10.6. The molecule has 0 atom stereocenters. The number of ether oxygens (including phenoxy) is 2. The van der Waals surface area contributed by atoms with Gasteiger partial charge in [-0.15, -0.1) is 0 Å². The maximum Gasteiger partial charge on any atom is 0.289 e. The van der Waals surface area contributed by atoms with E-state index in [0.29, 0.717) is 30.4 Å². The predicted octanol–water partition coefficient (Wildman–Crippen LogP) is 5.26. The average molecular weight is 418 g/mol. The van der Waals surface area contributed by atoms with Crippen molar-refractivity contribution >= 4 is 27.8 Å². The number of aromatic amines is 1. The van der Waals surface area contributed by atoms with Crippen LogP contribution in [0.25, 0.3) is 21.9 Å². The Morgan fingerprint density at radius 2 is 1.71 bits per heavy atom. The third kappa shape index (κ3) is 3.32. The van der Waals surface area contributed by atoms with Crippen LogP contribution in [0.5, 0.6) is 11.5 Å². The number of aryl methyl sites for hydroxylation is 1. The first kappa shape index (κ1) is 19.5. The number of piperidine rings is 1. The van der Waals surface area contributed by atoms with Gasteiger partial charge < -0.3 is 23.8 Å². The molecule has 3 heterocycles. The van der Waals surface area contributed by atoms with Crippen LogP contribution in [-0.2, 0) is 0 Å². The molecule has 0 bridgehead atoms. The summed E-state index contributed by atoms with van der Waals surface area (Å²) in [6, 6.07) is 11.7. The summed E-state index contributed by atoms with van der Waals surface area (Å²) in [6.45, 7) is 3.35. The maximum absolute atomic E-state index is 13.2. The molecule has 31 heavy (non-hydrogen) atoms. The van der Waals surface area contributed by atoms with E-state index in [1.165, 1.54) is 10.9 Å². The van der Waals surface area contributed by atoms with Gasteiger partial charge in [-0.25, -0.2) is 0 Å². The van der Waals surface area contributed by atoms with E-state index in [1.807, 2.05) is 36.1 Å². The van der Waals surface area contributed by atoms with Crippen LogP contribution in [0.1, 0.15) is 40.4 Å². The number of likely N-dealkylation sites (tertiary alicyclic amines) is 1. The summed E-state index contributed by atoms with van der Waals surface area (Å²) >= 11 is 0. The van der Waals surface area contributed by atoms with Crippen LogP contribution in [0.3, 0.4) is 0 Å². The first-order valence-electron chi connectivity index (χ1n) is 10.6. The van der Waals surface area contributed by atoms with E-state index in [2.05, 4.69) is 23.3 Å². The highest BCUT2D eigenvalue weighted by atomic mass is 16.5. The van der Waals surface area contributed by atoms with Gasteiger partial charge in [0.25, 0.3) is 5.91 Å². The van der Waals surface area contributed by atoms with Gasteiger partial charge in [-0.1, -0.05) is 0 Å². The molecule has 2 aromatic carbocycles. The lowest BCUT2D eigenvalue weighted by Gasteiger charge is -2.31. The molecule has 6 heteroatoms. The molecular formula is C25H26N2O4. The summed E-state index contributed by atoms with van der Waals surface area (Å²) in [5, 5.41) is 2.12. The van der Waals surface area contributed by atoms with E-state index in [1.54, 1.807) is 14.2 Å². The Labute approximate surface area is 180 Å². The van der Waals surface area contributed by atoms with Gasteiger partial charge in [-0.2, -0.15) is 0 Å². The lowest BCUT2D eigenvalue weighted by molar-refractivity contribution is 0.0682. The molecule has 1 aliphatic rings. The number of methoxy groups -OCH3 is 2. The second-order valence-corrected chi connectivity index (χ2v) is 8.14. The van der Waals surface area contributed by atoms with Crippen LogP contribution >= 0.6 is 0 Å². The SMILES string of the molecule is COc1ccc2[nH]cc(C3CCN(C(=O)c4oc5ccc(OC)cc5c4C)CC3)c2c1. The molecule has 1 saturated heterocycles. The molecule has 1 aliphatic heterocycles. The van der Waals surface area contributed by atoms with Gasteiger partial charge in [0.05, 0.1) is 14.2 Å². The fourth-order valence-electron chi connectivity index (χ4n) is 4.65.